The summed E-state index contributed by atoms with van der Waals surface area (Å²) < 4.78 is 64.5. The highest BCUT2D eigenvalue weighted by atomic mass is 32.2. The summed E-state index contributed by atoms with van der Waals surface area (Å²) in [7, 11) is -3.24. The third-order valence-corrected chi connectivity index (χ3v) is 7.49. The molecule has 2 fully saturated rings. The molecule has 2 unspecified atom stereocenters. The lowest BCUT2D eigenvalue weighted by Crippen LogP contribution is -2.52. The molecular formula is C15H17F3O3S. The van der Waals surface area contributed by atoms with Gasteiger partial charge in [0.1, 0.15) is 0 Å². The number of hydrogen-bond donors (Lipinski definition) is 1. The van der Waals surface area contributed by atoms with Gasteiger partial charge in [0.15, 0.2) is 27.3 Å². The second-order valence-corrected chi connectivity index (χ2v) is 8.92. The first-order chi connectivity index (χ1) is 10.2. The molecule has 2 saturated heterocycles. The summed E-state index contributed by atoms with van der Waals surface area (Å²) in [5.41, 5.74) is -1.52. The average Bonchev–Trinajstić information content (AvgIpc) is 2.42. The lowest BCUT2D eigenvalue weighted by Gasteiger charge is -2.44. The Hall–Kier alpha value is -1.08. The topological polar surface area (TPSA) is 54.4 Å². The first-order valence-electron chi connectivity index (χ1n) is 7.30. The Labute approximate surface area is 127 Å². The van der Waals surface area contributed by atoms with Gasteiger partial charge < -0.3 is 5.11 Å². The smallest absolute Gasteiger partial charge is 0.194 e. The van der Waals surface area contributed by atoms with Gasteiger partial charge in [-0.05, 0) is 37.3 Å². The van der Waals surface area contributed by atoms with Crippen LogP contribution in [0.25, 0.3) is 0 Å². The molecule has 3 nitrogen and oxygen atoms in total. The molecule has 0 aromatic heterocycles. The molecule has 1 aromatic rings. The lowest BCUT2D eigenvalue weighted by molar-refractivity contribution is 0.00904. The van der Waals surface area contributed by atoms with E-state index in [9.17, 15) is 26.7 Å². The summed E-state index contributed by atoms with van der Waals surface area (Å²) in [5, 5.41) is 9.45. The van der Waals surface area contributed by atoms with Gasteiger partial charge in [0.2, 0.25) is 0 Å². The maximum atomic E-state index is 13.8. The molecule has 122 valence electrons. The van der Waals surface area contributed by atoms with Gasteiger partial charge in [0, 0.05) is 6.42 Å². The van der Waals surface area contributed by atoms with Crippen LogP contribution in [0.4, 0.5) is 13.2 Å². The van der Waals surface area contributed by atoms with E-state index in [2.05, 4.69) is 0 Å². The Morgan fingerprint density at radius 2 is 1.68 bits per heavy atom. The molecule has 2 aliphatic heterocycles. The number of rotatable bonds is 2. The third-order valence-electron chi connectivity index (χ3n) is 4.83. The van der Waals surface area contributed by atoms with Crippen molar-refractivity contribution < 1.29 is 26.7 Å². The number of halogens is 3. The summed E-state index contributed by atoms with van der Waals surface area (Å²) in [6.07, 6.45) is 1.60. The van der Waals surface area contributed by atoms with Crippen molar-refractivity contribution in [2.24, 2.45) is 0 Å². The van der Waals surface area contributed by atoms with Crippen molar-refractivity contribution in [3.05, 3.63) is 35.1 Å². The second kappa shape index (κ2) is 5.23. The third kappa shape index (κ3) is 2.54. The molecule has 2 aliphatic rings. The Morgan fingerprint density at radius 1 is 1.09 bits per heavy atom. The molecule has 0 radical (unpaired) electrons. The van der Waals surface area contributed by atoms with Crippen LogP contribution in [0.3, 0.4) is 0 Å². The van der Waals surface area contributed by atoms with E-state index in [0.29, 0.717) is 12.8 Å². The van der Waals surface area contributed by atoms with Crippen LogP contribution >= 0.6 is 0 Å². The molecule has 2 atom stereocenters. The summed E-state index contributed by atoms with van der Waals surface area (Å²) >= 11 is 0. The molecule has 7 heteroatoms. The SMILES string of the molecule is O=S1(=O)C2CCCC1CC(O)(Cc1ccc(F)c(F)c1F)C2. The zero-order chi connectivity index (χ0) is 16.1. The van der Waals surface area contributed by atoms with Gasteiger partial charge in [-0.25, -0.2) is 21.6 Å². The highest BCUT2D eigenvalue weighted by Crippen LogP contribution is 2.43. The van der Waals surface area contributed by atoms with Gasteiger partial charge in [0.05, 0.1) is 16.1 Å². The maximum Gasteiger partial charge on any atom is 0.194 e. The van der Waals surface area contributed by atoms with E-state index >= 15 is 0 Å². The molecule has 0 saturated carbocycles. The summed E-state index contributed by atoms with van der Waals surface area (Å²) in [5.74, 6) is -4.16. The highest BCUT2D eigenvalue weighted by molar-refractivity contribution is 7.92. The van der Waals surface area contributed by atoms with E-state index in [0.717, 1.165) is 18.6 Å². The van der Waals surface area contributed by atoms with E-state index in [1.165, 1.54) is 0 Å². The van der Waals surface area contributed by atoms with E-state index < -0.39 is 43.4 Å². The molecule has 2 bridgehead atoms. The predicted molar refractivity (Wildman–Crippen MR) is 74.6 cm³/mol. The van der Waals surface area contributed by atoms with Gasteiger partial charge in [-0.3, -0.25) is 0 Å². The fourth-order valence-electron chi connectivity index (χ4n) is 3.74. The summed E-state index contributed by atoms with van der Waals surface area (Å²) in [4.78, 5) is 0. The zero-order valence-corrected chi connectivity index (χ0v) is 12.7. The van der Waals surface area contributed by atoms with Crippen LogP contribution in [0.2, 0.25) is 0 Å². The minimum atomic E-state index is -3.24. The van der Waals surface area contributed by atoms with Crippen LogP contribution in [0.5, 0.6) is 0 Å². The summed E-state index contributed by atoms with van der Waals surface area (Å²) in [6.45, 7) is 0. The van der Waals surface area contributed by atoms with Gasteiger partial charge in [-0.2, -0.15) is 0 Å². The van der Waals surface area contributed by atoms with Gasteiger partial charge >= 0.3 is 0 Å². The van der Waals surface area contributed by atoms with Crippen molar-refractivity contribution in [1.29, 1.82) is 0 Å². The van der Waals surface area contributed by atoms with Crippen LogP contribution in [0.15, 0.2) is 12.1 Å². The lowest BCUT2D eigenvalue weighted by atomic mass is 9.81. The van der Waals surface area contributed by atoms with Crippen molar-refractivity contribution in [3.63, 3.8) is 0 Å². The number of fused-ring (bicyclic) bond motifs is 2. The second-order valence-electron chi connectivity index (χ2n) is 6.41. The van der Waals surface area contributed by atoms with Crippen molar-refractivity contribution in [1.82, 2.24) is 0 Å². The van der Waals surface area contributed by atoms with Gasteiger partial charge in [0.25, 0.3) is 0 Å². The molecule has 2 heterocycles. The van der Waals surface area contributed by atoms with Crippen LogP contribution in [-0.2, 0) is 16.3 Å². The monoisotopic (exact) mass is 334 g/mol. The number of benzene rings is 1. The first-order valence-corrected chi connectivity index (χ1v) is 8.91. The van der Waals surface area contributed by atoms with E-state index in [-0.39, 0.29) is 24.8 Å². The normalized spacial score (nSPS) is 33.6. The van der Waals surface area contributed by atoms with E-state index in [1.807, 2.05) is 0 Å². The minimum absolute atomic E-state index is 0.0181. The zero-order valence-electron chi connectivity index (χ0n) is 11.9. The summed E-state index contributed by atoms with van der Waals surface area (Å²) in [6, 6.07) is 1.92. The molecule has 0 amide bonds. The van der Waals surface area contributed by atoms with Crippen molar-refractivity contribution in [2.45, 2.75) is 54.6 Å². The molecule has 0 aliphatic carbocycles. The number of hydrogen-bond acceptors (Lipinski definition) is 3. The maximum absolute atomic E-state index is 13.8. The fourth-order valence-corrected chi connectivity index (χ4v) is 6.36. The largest absolute Gasteiger partial charge is 0.389 e. The van der Waals surface area contributed by atoms with E-state index in [4.69, 9.17) is 0 Å². The molecule has 1 N–H and O–H groups in total. The molecule has 0 spiro atoms. The Bertz CT molecular complexity index is 682. The number of sulfone groups is 1. The van der Waals surface area contributed by atoms with Crippen LogP contribution in [0, 0.1) is 17.5 Å². The van der Waals surface area contributed by atoms with Gasteiger partial charge in [-0.1, -0.05) is 12.5 Å². The van der Waals surface area contributed by atoms with Crippen molar-refractivity contribution >= 4 is 9.84 Å². The quantitative estimate of drug-likeness (QED) is 0.846. The fraction of sp³-hybridized carbons (Fsp3) is 0.600. The Balaban J connectivity index is 1.88. The number of aliphatic hydroxyl groups is 1. The van der Waals surface area contributed by atoms with Gasteiger partial charge in [-0.15, -0.1) is 0 Å². The predicted octanol–water partition coefficient (Wildman–Crippen LogP) is 2.51. The van der Waals surface area contributed by atoms with Crippen molar-refractivity contribution in [2.75, 3.05) is 0 Å². The van der Waals surface area contributed by atoms with E-state index in [1.54, 1.807) is 0 Å². The highest BCUT2D eigenvalue weighted by Gasteiger charge is 2.50. The molecular weight excluding hydrogens is 317 g/mol. The average molecular weight is 334 g/mol. The molecule has 22 heavy (non-hydrogen) atoms. The Kier molecular flexibility index (Phi) is 3.76. The van der Waals surface area contributed by atoms with Crippen molar-refractivity contribution in [3.8, 4) is 0 Å². The van der Waals surface area contributed by atoms with Crippen LogP contribution < -0.4 is 0 Å². The molecule has 3 rings (SSSR count). The van der Waals surface area contributed by atoms with Crippen LogP contribution in [-0.4, -0.2) is 29.6 Å². The minimum Gasteiger partial charge on any atom is -0.389 e. The standard InChI is InChI=1S/C15H17F3O3S/c16-12-5-4-9(13(17)14(12)18)6-15(19)7-10-2-1-3-11(8-15)22(10,20)21/h4-5,10-11,19H,1-3,6-8H2. The molecule has 1 aromatic carbocycles. The first kappa shape index (κ1) is 15.8. The Morgan fingerprint density at radius 3 is 2.27 bits per heavy atom. The van der Waals surface area contributed by atoms with Crippen LogP contribution in [0.1, 0.15) is 37.7 Å².